The Bertz CT molecular complexity index is 595. The van der Waals surface area contributed by atoms with Crippen molar-refractivity contribution in [3.8, 4) is 0 Å². The molecule has 0 fully saturated rings. The van der Waals surface area contributed by atoms with Crippen molar-refractivity contribution in [2.45, 2.75) is 19.9 Å². The molecule has 0 amide bonds. The van der Waals surface area contributed by atoms with Gasteiger partial charge in [-0.1, -0.05) is 41.4 Å². The second kappa shape index (κ2) is 5.72. The van der Waals surface area contributed by atoms with Crippen molar-refractivity contribution in [3.63, 3.8) is 0 Å². The molecule has 0 aliphatic carbocycles. The summed E-state index contributed by atoms with van der Waals surface area (Å²) in [5.74, 6) is -0.388. The van der Waals surface area contributed by atoms with Gasteiger partial charge >= 0.3 is 0 Å². The molecule has 2 aromatic rings. The lowest BCUT2D eigenvalue weighted by molar-refractivity contribution is 0.623. The largest absolute Gasteiger partial charge is 0.309 e. The minimum Gasteiger partial charge on any atom is -0.309 e. The maximum atomic E-state index is 13.3. The standard InChI is InChI=1S/C16H17ClFN/c1-10-4-5-11(2)13(8-10)16(19-3)12-6-7-15(18)14(17)9-12/h4-9,16,19H,1-3H3. The second-order valence-electron chi connectivity index (χ2n) is 4.76. The number of hydrogen-bond acceptors (Lipinski definition) is 1. The molecule has 0 radical (unpaired) electrons. The molecule has 100 valence electrons. The molecule has 0 heterocycles. The van der Waals surface area contributed by atoms with Gasteiger partial charge in [-0.3, -0.25) is 0 Å². The molecule has 1 nitrogen and oxygen atoms in total. The van der Waals surface area contributed by atoms with E-state index in [1.165, 1.54) is 22.8 Å². The van der Waals surface area contributed by atoms with Gasteiger partial charge in [0, 0.05) is 0 Å². The van der Waals surface area contributed by atoms with Crippen molar-refractivity contribution in [2.24, 2.45) is 0 Å². The van der Waals surface area contributed by atoms with E-state index >= 15 is 0 Å². The van der Waals surface area contributed by atoms with E-state index in [9.17, 15) is 4.39 Å². The molecule has 1 atom stereocenters. The predicted octanol–water partition coefficient (Wildman–Crippen LogP) is 4.40. The molecule has 2 rings (SSSR count). The highest BCUT2D eigenvalue weighted by Crippen LogP contribution is 2.28. The number of aryl methyl sites for hydroxylation is 2. The summed E-state index contributed by atoms with van der Waals surface area (Å²) in [4.78, 5) is 0. The molecule has 0 spiro atoms. The number of hydrogen-bond donors (Lipinski definition) is 1. The van der Waals surface area contributed by atoms with Crippen LogP contribution in [-0.4, -0.2) is 7.05 Å². The highest BCUT2D eigenvalue weighted by atomic mass is 35.5. The molecule has 0 aliphatic heterocycles. The van der Waals surface area contributed by atoms with Crippen molar-refractivity contribution in [1.82, 2.24) is 5.32 Å². The average Bonchev–Trinajstić information content (AvgIpc) is 2.38. The van der Waals surface area contributed by atoms with Crippen LogP contribution in [0.2, 0.25) is 5.02 Å². The number of benzene rings is 2. The van der Waals surface area contributed by atoms with Gasteiger partial charge in [0.25, 0.3) is 0 Å². The summed E-state index contributed by atoms with van der Waals surface area (Å²) >= 11 is 5.87. The lowest BCUT2D eigenvalue weighted by Crippen LogP contribution is -2.19. The van der Waals surface area contributed by atoms with Crippen LogP contribution in [0.5, 0.6) is 0 Å². The zero-order chi connectivity index (χ0) is 14.0. The Labute approximate surface area is 118 Å². The summed E-state index contributed by atoms with van der Waals surface area (Å²) in [5, 5.41) is 3.42. The second-order valence-corrected chi connectivity index (χ2v) is 5.16. The Morgan fingerprint density at radius 3 is 2.47 bits per heavy atom. The van der Waals surface area contributed by atoms with Crippen molar-refractivity contribution in [2.75, 3.05) is 7.05 Å². The Morgan fingerprint density at radius 2 is 1.84 bits per heavy atom. The first-order chi connectivity index (χ1) is 9.02. The summed E-state index contributed by atoms with van der Waals surface area (Å²) in [6.07, 6.45) is 0. The Morgan fingerprint density at radius 1 is 1.11 bits per heavy atom. The first-order valence-electron chi connectivity index (χ1n) is 6.22. The van der Waals surface area contributed by atoms with Crippen LogP contribution in [0, 0.1) is 19.7 Å². The van der Waals surface area contributed by atoms with Gasteiger partial charge in [-0.05, 0) is 49.7 Å². The average molecular weight is 278 g/mol. The highest BCUT2D eigenvalue weighted by molar-refractivity contribution is 6.30. The lowest BCUT2D eigenvalue weighted by Gasteiger charge is -2.20. The molecule has 0 aromatic heterocycles. The molecular formula is C16H17ClFN. The van der Waals surface area contributed by atoms with Gasteiger partial charge in [-0.2, -0.15) is 0 Å². The fourth-order valence-corrected chi connectivity index (χ4v) is 2.45. The normalized spacial score (nSPS) is 12.5. The van der Waals surface area contributed by atoms with Crippen LogP contribution in [0.1, 0.15) is 28.3 Å². The third-order valence-corrected chi connectivity index (χ3v) is 3.60. The third-order valence-electron chi connectivity index (χ3n) is 3.31. The van der Waals surface area contributed by atoms with E-state index in [1.54, 1.807) is 12.1 Å². The van der Waals surface area contributed by atoms with Crippen LogP contribution in [0.3, 0.4) is 0 Å². The minimum atomic E-state index is -0.388. The van der Waals surface area contributed by atoms with Crippen LogP contribution in [0.15, 0.2) is 36.4 Å². The Kier molecular flexibility index (Phi) is 4.23. The zero-order valence-corrected chi connectivity index (χ0v) is 12.1. The van der Waals surface area contributed by atoms with Crippen LogP contribution >= 0.6 is 11.6 Å². The smallest absolute Gasteiger partial charge is 0.141 e. The maximum absolute atomic E-state index is 13.3. The summed E-state index contributed by atoms with van der Waals surface area (Å²) in [6, 6.07) is 11.2. The molecule has 3 heteroatoms. The van der Waals surface area contributed by atoms with Gasteiger partial charge in [0.15, 0.2) is 0 Å². The van der Waals surface area contributed by atoms with Gasteiger partial charge < -0.3 is 5.32 Å². The maximum Gasteiger partial charge on any atom is 0.141 e. The molecule has 0 aliphatic rings. The number of rotatable bonds is 3. The van der Waals surface area contributed by atoms with Gasteiger partial charge in [-0.15, -0.1) is 0 Å². The minimum absolute atomic E-state index is 0.0120. The van der Waals surface area contributed by atoms with E-state index in [-0.39, 0.29) is 16.9 Å². The van der Waals surface area contributed by atoms with Gasteiger partial charge in [0.1, 0.15) is 5.82 Å². The molecule has 1 N–H and O–H groups in total. The Hall–Kier alpha value is -1.38. The number of nitrogens with one attached hydrogen (secondary N) is 1. The lowest BCUT2D eigenvalue weighted by atomic mass is 9.93. The van der Waals surface area contributed by atoms with Crippen molar-refractivity contribution >= 4 is 11.6 Å². The van der Waals surface area contributed by atoms with Crippen LogP contribution in [-0.2, 0) is 0 Å². The van der Waals surface area contributed by atoms with E-state index in [0.717, 1.165) is 5.56 Å². The molecule has 19 heavy (non-hydrogen) atoms. The first-order valence-corrected chi connectivity index (χ1v) is 6.60. The van der Waals surface area contributed by atoms with Crippen LogP contribution in [0.25, 0.3) is 0 Å². The summed E-state index contributed by atoms with van der Waals surface area (Å²) in [7, 11) is 1.89. The van der Waals surface area contributed by atoms with Crippen molar-refractivity contribution < 1.29 is 4.39 Å². The SMILES string of the molecule is CNC(c1ccc(F)c(Cl)c1)c1cc(C)ccc1C. The topological polar surface area (TPSA) is 12.0 Å². The number of halogens is 2. The van der Waals surface area contributed by atoms with E-state index in [4.69, 9.17) is 11.6 Å². The fourth-order valence-electron chi connectivity index (χ4n) is 2.26. The summed E-state index contributed by atoms with van der Waals surface area (Å²) in [6.45, 7) is 4.14. The summed E-state index contributed by atoms with van der Waals surface area (Å²) < 4.78 is 13.3. The van der Waals surface area contributed by atoms with E-state index in [0.29, 0.717) is 0 Å². The van der Waals surface area contributed by atoms with E-state index in [1.807, 2.05) is 7.05 Å². The monoisotopic (exact) mass is 277 g/mol. The van der Waals surface area contributed by atoms with Gasteiger partial charge in [0.2, 0.25) is 0 Å². The summed E-state index contributed by atoms with van der Waals surface area (Å²) in [5.41, 5.74) is 4.55. The van der Waals surface area contributed by atoms with Crippen molar-refractivity contribution in [3.05, 3.63) is 69.5 Å². The van der Waals surface area contributed by atoms with Crippen molar-refractivity contribution in [1.29, 1.82) is 0 Å². The van der Waals surface area contributed by atoms with Gasteiger partial charge in [0.05, 0.1) is 11.1 Å². The van der Waals surface area contributed by atoms with Crippen LogP contribution in [0.4, 0.5) is 4.39 Å². The molecular weight excluding hydrogens is 261 g/mol. The molecule has 0 saturated heterocycles. The quantitative estimate of drug-likeness (QED) is 0.876. The molecule has 2 aromatic carbocycles. The fraction of sp³-hybridized carbons (Fsp3) is 0.250. The van der Waals surface area contributed by atoms with Crippen LogP contribution < -0.4 is 5.32 Å². The zero-order valence-electron chi connectivity index (χ0n) is 11.3. The molecule has 0 saturated carbocycles. The van der Waals surface area contributed by atoms with E-state index < -0.39 is 0 Å². The predicted molar refractivity (Wildman–Crippen MR) is 78.2 cm³/mol. The first kappa shape index (κ1) is 14.0. The third kappa shape index (κ3) is 2.96. The highest BCUT2D eigenvalue weighted by Gasteiger charge is 2.15. The van der Waals surface area contributed by atoms with Gasteiger partial charge in [-0.25, -0.2) is 4.39 Å². The molecule has 0 bridgehead atoms. The molecule has 1 unspecified atom stereocenters. The Balaban J connectivity index is 2.49. The van der Waals surface area contributed by atoms with E-state index in [2.05, 4.69) is 37.4 Å².